The van der Waals surface area contributed by atoms with Crippen molar-refractivity contribution in [2.75, 3.05) is 52.3 Å². The molecule has 0 aromatic carbocycles. The number of ether oxygens (including phenoxy) is 1. The second-order valence-corrected chi connectivity index (χ2v) is 9.53. The second kappa shape index (κ2) is 10.9. The summed E-state index contributed by atoms with van der Waals surface area (Å²) in [6.07, 6.45) is 11.3. The molecule has 0 spiro atoms. The molecule has 1 aliphatic heterocycles. The molecule has 1 N–H and O–H groups in total. The molecule has 8 nitrogen and oxygen atoms in total. The van der Waals surface area contributed by atoms with Gasteiger partial charge in [0.05, 0.1) is 7.11 Å². The Labute approximate surface area is 201 Å². The number of pyridine rings is 2. The van der Waals surface area contributed by atoms with E-state index >= 15 is 0 Å². The summed E-state index contributed by atoms with van der Waals surface area (Å²) < 4.78 is 5.27. The highest BCUT2D eigenvalue weighted by Crippen LogP contribution is 2.34. The van der Waals surface area contributed by atoms with Crippen molar-refractivity contribution in [1.29, 1.82) is 0 Å². The Morgan fingerprint density at radius 3 is 2.82 bits per heavy atom. The molecule has 0 bridgehead atoms. The van der Waals surface area contributed by atoms with Crippen LogP contribution in [0.3, 0.4) is 0 Å². The molecule has 2 aromatic heterocycles. The fraction of sp³-hybridized carbons (Fsp3) is 0.500. The molecular formula is C26H35N5O3. The highest BCUT2D eigenvalue weighted by atomic mass is 16.5. The number of carbonyl (C=O) groups is 1. The first-order valence-corrected chi connectivity index (χ1v) is 12.0. The first-order chi connectivity index (χ1) is 16.4. The molecule has 2 aliphatic rings. The van der Waals surface area contributed by atoms with Crippen molar-refractivity contribution >= 4 is 11.6 Å². The van der Waals surface area contributed by atoms with Crippen molar-refractivity contribution in [3.8, 4) is 17.0 Å². The lowest BCUT2D eigenvalue weighted by atomic mass is 10.0. The lowest BCUT2D eigenvalue weighted by Gasteiger charge is -2.40. The number of H-pyrrole nitrogens is 1. The Balaban J connectivity index is 1.58. The van der Waals surface area contributed by atoms with E-state index in [1.807, 2.05) is 48.2 Å². The summed E-state index contributed by atoms with van der Waals surface area (Å²) >= 11 is 0. The minimum atomic E-state index is -0.0975. The molecule has 1 amide bonds. The van der Waals surface area contributed by atoms with E-state index in [0.29, 0.717) is 24.0 Å². The van der Waals surface area contributed by atoms with Crippen LogP contribution in [0.5, 0.6) is 5.88 Å². The molecule has 3 heterocycles. The smallest absolute Gasteiger partial charge is 0.271 e. The summed E-state index contributed by atoms with van der Waals surface area (Å²) in [5.74, 6) is 1.18. The van der Waals surface area contributed by atoms with Crippen LogP contribution in [0, 0.1) is 5.92 Å². The zero-order chi connectivity index (χ0) is 24.1. The lowest BCUT2D eigenvalue weighted by molar-refractivity contribution is -0.127. The van der Waals surface area contributed by atoms with Crippen LogP contribution in [0.25, 0.3) is 11.1 Å². The number of likely N-dealkylation sites (N-methyl/N-ethyl adjacent to an activating group) is 1. The van der Waals surface area contributed by atoms with E-state index in [1.54, 1.807) is 25.6 Å². The summed E-state index contributed by atoms with van der Waals surface area (Å²) in [4.78, 5) is 39.1. The van der Waals surface area contributed by atoms with E-state index in [0.717, 1.165) is 43.6 Å². The minimum absolute atomic E-state index is 0.0458. The number of anilines is 1. The molecule has 4 rings (SSSR count). The third-order valence-corrected chi connectivity index (χ3v) is 6.50. The van der Waals surface area contributed by atoms with Crippen LogP contribution < -0.4 is 15.2 Å². The maximum atomic E-state index is 13.0. The first-order valence-electron chi connectivity index (χ1n) is 12.0. The van der Waals surface area contributed by atoms with Gasteiger partial charge in [0.2, 0.25) is 11.8 Å². The Morgan fingerprint density at radius 1 is 1.26 bits per heavy atom. The number of likely N-dealkylation sites (tertiary alicyclic amines) is 1. The molecule has 1 saturated heterocycles. The van der Waals surface area contributed by atoms with Crippen molar-refractivity contribution in [3.63, 3.8) is 0 Å². The average molecular weight is 466 g/mol. The quantitative estimate of drug-likeness (QED) is 0.574. The number of methoxy groups -OCH3 is 1. The lowest BCUT2D eigenvalue weighted by Crippen LogP contribution is -2.51. The van der Waals surface area contributed by atoms with Crippen LogP contribution >= 0.6 is 0 Å². The van der Waals surface area contributed by atoms with E-state index < -0.39 is 0 Å². The normalized spacial score (nSPS) is 18.5. The largest absolute Gasteiger partial charge is 0.481 e. The number of rotatable bonds is 9. The van der Waals surface area contributed by atoms with Gasteiger partial charge in [-0.25, -0.2) is 4.98 Å². The maximum absolute atomic E-state index is 13.0. The summed E-state index contributed by atoms with van der Waals surface area (Å²) in [6, 6.07) is 5.85. The van der Waals surface area contributed by atoms with Crippen LogP contribution in [0.15, 0.2) is 47.5 Å². The van der Waals surface area contributed by atoms with Gasteiger partial charge in [0.15, 0.2) is 0 Å². The maximum Gasteiger partial charge on any atom is 0.271 e. The van der Waals surface area contributed by atoms with Gasteiger partial charge >= 0.3 is 0 Å². The van der Waals surface area contributed by atoms with Crippen LogP contribution in [-0.4, -0.2) is 79.1 Å². The van der Waals surface area contributed by atoms with Crippen LogP contribution in [-0.2, 0) is 4.79 Å². The summed E-state index contributed by atoms with van der Waals surface area (Å²) in [5.41, 5.74) is 2.41. The molecule has 8 heteroatoms. The van der Waals surface area contributed by atoms with Gasteiger partial charge in [-0.3, -0.25) is 9.59 Å². The van der Waals surface area contributed by atoms with E-state index in [-0.39, 0.29) is 17.5 Å². The van der Waals surface area contributed by atoms with Crippen molar-refractivity contribution in [2.45, 2.75) is 31.7 Å². The number of hydrogen-bond donors (Lipinski definition) is 1. The predicted molar refractivity (Wildman–Crippen MR) is 134 cm³/mol. The average Bonchev–Trinajstić information content (AvgIpc) is 3.67. The van der Waals surface area contributed by atoms with Gasteiger partial charge in [-0.15, -0.1) is 0 Å². The van der Waals surface area contributed by atoms with Gasteiger partial charge in [-0.1, -0.05) is 6.08 Å². The van der Waals surface area contributed by atoms with Crippen molar-refractivity contribution in [1.82, 2.24) is 19.8 Å². The minimum Gasteiger partial charge on any atom is -0.481 e. The fourth-order valence-corrected chi connectivity index (χ4v) is 4.45. The van der Waals surface area contributed by atoms with Gasteiger partial charge in [-0.05, 0) is 63.4 Å². The van der Waals surface area contributed by atoms with E-state index in [1.165, 1.54) is 12.8 Å². The number of piperidine rings is 1. The highest BCUT2D eigenvalue weighted by Gasteiger charge is 2.33. The second-order valence-electron chi connectivity index (χ2n) is 9.53. The first kappa shape index (κ1) is 24.0. The SMILES string of the molecule is COc1cc(-c2c[nH]c(=O)c(N(CC3CC3)[C@@H]3CCCN(C(=O)/C=C/CN(C)C)C3)c2)ccn1. The standard InChI is InChI=1S/C26H35N5O3/c1-29(2)12-5-7-25(32)30-13-4-6-22(18-30)31(17-19-8-9-19)23-14-21(16-28-26(23)33)20-10-11-27-24(15-20)34-3/h5,7,10-11,14-16,19,22H,4,6,8-9,12-13,17-18H2,1-3H3,(H,28,33)/b7-5+/t22-/m1/s1. The molecule has 1 atom stereocenters. The predicted octanol–water partition coefficient (Wildman–Crippen LogP) is 2.77. The van der Waals surface area contributed by atoms with Gasteiger partial charge in [0, 0.05) is 62.3 Å². The fourth-order valence-electron chi connectivity index (χ4n) is 4.45. The number of aromatic nitrogens is 2. The Kier molecular flexibility index (Phi) is 7.67. The topological polar surface area (TPSA) is 81.8 Å². The summed E-state index contributed by atoms with van der Waals surface area (Å²) in [6.45, 7) is 2.96. The van der Waals surface area contributed by atoms with Crippen molar-refractivity contribution in [2.24, 2.45) is 5.92 Å². The van der Waals surface area contributed by atoms with Crippen molar-refractivity contribution in [3.05, 3.63) is 53.1 Å². The van der Waals surface area contributed by atoms with Crippen LogP contribution in [0.1, 0.15) is 25.7 Å². The number of carbonyl (C=O) groups excluding carboxylic acids is 1. The third kappa shape index (κ3) is 6.05. The molecule has 182 valence electrons. The number of amides is 1. The van der Waals surface area contributed by atoms with Gasteiger partial charge in [-0.2, -0.15) is 0 Å². The number of nitrogens with one attached hydrogen (secondary N) is 1. The van der Waals surface area contributed by atoms with Gasteiger partial charge in [0.1, 0.15) is 5.69 Å². The monoisotopic (exact) mass is 465 g/mol. The zero-order valence-corrected chi connectivity index (χ0v) is 20.4. The van der Waals surface area contributed by atoms with E-state index in [2.05, 4.69) is 14.9 Å². The van der Waals surface area contributed by atoms with Crippen molar-refractivity contribution < 1.29 is 9.53 Å². The van der Waals surface area contributed by atoms with Crippen LogP contribution in [0.2, 0.25) is 0 Å². The number of hydrogen-bond acceptors (Lipinski definition) is 6. The van der Waals surface area contributed by atoms with Gasteiger partial charge in [0.25, 0.3) is 5.56 Å². The Hall–Kier alpha value is -3.13. The van der Waals surface area contributed by atoms with Gasteiger partial charge < -0.3 is 24.4 Å². The molecule has 0 radical (unpaired) electrons. The third-order valence-electron chi connectivity index (χ3n) is 6.50. The molecule has 1 aliphatic carbocycles. The number of nitrogens with zero attached hydrogens (tertiary/aromatic N) is 4. The Morgan fingerprint density at radius 2 is 2.09 bits per heavy atom. The molecule has 2 aromatic rings. The molecule has 34 heavy (non-hydrogen) atoms. The molecular weight excluding hydrogens is 430 g/mol. The number of aromatic amines is 1. The van der Waals surface area contributed by atoms with E-state index in [9.17, 15) is 9.59 Å². The molecule has 1 saturated carbocycles. The Bertz CT molecular complexity index is 1080. The summed E-state index contributed by atoms with van der Waals surface area (Å²) in [5, 5.41) is 0. The highest BCUT2D eigenvalue weighted by molar-refractivity contribution is 5.87. The van der Waals surface area contributed by atoms with Crippen LogP contribution in [0.4, 0.5) is 5.69 Å². The van der Waals surface area contributed by atoms with E-state index in [4.69, 9.17) is 4.74 Å². The summed E-state index contributed by atoms with van der Waals surface area (Å²) in [7, 11) is 5.55. The molecule has 0 unspecified atom stereocenters. The molecule has 2 fully saturated rings. The zero-order valence-electron chi connectivity index (χ0n) is 20.4.